The van der Waals surface area contributed by atoms with Gasteiger partial charge in [-0.05, 0) is 63.6 Å². The number of esters is 3. The lowest BCUT2D eigenvalue weighted by atomic mass is 9.92. The largest absolute Gasteiger partial charge is 0.598 e. The number of hydrogen-bond acceptors (Lipinski definition) is 11. The van der Waals surface area contributed by atoms with Crippen LogP contribution in [0, 0.1) is 5.92 Å². The minimum Gasteiger partial charge on any atom is -0.598 e. The molecule has 0 radical (unpaired) electrons. The Kier molecular flexibility index (Phi) is 12.6. The molecule has 2 aliphatic heterocycles. The summed E-state index contributed by atoms with van der Waals surface area (Å²) in [4.78, 5) is 41.1. The first kappa shape index (κ1) is 36.6. The molecule has 2 bridgehead atoms. The van der Waals surface area contributed by atoms with Gasteiger partial charge in [-0.25, -0.2) is 14.4 Å². The number of carbonyl (C=O) groups excluding carboxylic acids is 3. The van der Waals surface area contributed by atoms with Gasteiger partial charge in [0.2, 0.25) is 0 Å². The van der Waals surface area contributed by atoms with E-state index in [2.05, 4.69) is 4.72 Å². The van der Waals surface area contributed by atoms with Crippen molar-refractivity contribution in [3.8, 4) is 0 Å². The van der Waals surface area contributed by atoms with E-state index in [1.54, 1.807) is 91.0 Å². The molecule has 1 saturated heterocycles. The number of aliphatic hydroxyl groups is 1. The Bertz CT molecular complexity index is 1570. The van der Waals surface area contributed by atoms with Crippen molar-refractivity contribution in [1.82, 2.24) is 4.72 Å². The van der Waals surface area contributed by atoms with Crippen molar-refractivity contribution in [2.75, 3.05) is 12.4 Å². The Labute approximate surface area is 293 Å². The summed E-state index contributed by atoms with van der Waals surface area (Å²) in [6, 6.07) is 24.3. The second-order valence-corrected chi connectivity index (χ2v) is 15.9. The van der Waals surface area contributed by atoms with Crippen LogP contribution in [-0.2, 0) is 30.3 Å². The maximum atomic E-state index is 13.7. The van der Waals surface area contributed by atoms with E-state index in [4.69, 9.17) is 18.9 Å². The van der Waals surface area contributed by atoms with E-state index in [0.717, 1.165) is 0 Å². The Morgan fingerprint density at radius 1 is 0.816 bits per heavy atom. The average molecular weight is 708 g/mol. The van der Waals surface area contributed by atoms with Crippen LogP contribution >= 0.6 is 11.8 Å². The third-order valence-electron chi connectivity index (χ3n) is 8.01. The molecule has 0 aromatic heterocycles. The molecule has 1 fully saturated rings. The van der Waals surface area contributed by atoms with Crippen LogP contribution < -0.4 is 4.72 Å². The zero-order valence-corrected chi connectivity index (χ0v) is 29.1. The summed E-state index contributed by atoms with van der Waals surface area (Å²) >= 11 is -0.313. The van der Waals surface area contributed by atoms with Crippen molar-refractivity contribution >= 4 is 41.0 Å². The lowest BCUT2D eigenvalue weighted by Crippen LogP contribution is -2.66. The molecule has 0 amide bonds. The summed E-state index contributed by atoms with van der Waals surface area (Å²) in [5, 5.41) is 10.1. The van der Waals surface area contributed by atoms with Crippen LogP contribution in [0.15, 0.2) is 103 Å². The average Bonchev–Trinajstić information content (AvgIpc) is 3.11. The van der Waals surface area contributed by atoms with Gasteiger partial charge in [-0.15, -0.1) is 16.5 Å². The first-order valence-corrected chi connectivity index (χ1v) is 18.3. The van der Waals surface area contributed by atoms with Crippen LogP contribution in [0.3, 0.4) is 0 Å². The molecule has 0 spiro atoms. The molecule has 0 saturated carbocycles. The number of rotatable bonds is 9. The highest BCUT2D eigenvalue weighted by molar-refractivity contribution is 7.99. The van der Waals surface area contributed by atoms with Crippen LogP contribution in [-0.4, -0.2) is 80.6 Å². The minimum atomic E-state index is -1.59. The number of benzene rings is 3. The molecule has 2 aliphatic rings. The quantitative estimate of drug-likeness (QED) is 0.133. The van der Waals surface area contributed by atoms with E-state index < -0.39 is 69.9 Å². The predicted octanol–water partition coefficient (Wildman–Crippen LogP) is 5.11. The summed E-state index contributed by atoms with van der Waals surface area (Å²) in [5.41, 5.74) is -0.190. The third-order valence-corrected chi connectivity index (χ3v) is 11.0. The normalized spacial score (nSPS) is 26.8. The summed E-state index contributed by atoms with van der Waals surface area (Å²) in [6.07, 6.45) is -0.933. The van der Waals surface area contributed by atoms with Crippen molar-refractivity contribution in [2.45, 2.75) is 67.8 Å². The van der Waals surface area contributed by atoms with E-state index in [-0.39, 0.29) is 35.6 Å². The lowest BCUT2D eigenvalue weighted by molar-refractivity contribution is -0.205. The van der Waals surface area contributed by atoms with Crippen LogP contribution in [0.5, 0.6) is 0 Å². The SMILES string of the molecule is CC(C)(C)[S+]([O-])N[C@@H]1C/C=C\C(CO)CSC2OC1C(OC(=O)c1ccccc1)C(OC(=O)c1ccccc1)C2OC(=O)c1ccccc1. The van der Waals surface area contributed by atoms with Crippen molar-refractivity contribution < 1.29 is 43.0 Å². The van der Waals surface area contributed by atoms with E-state index in [1.165, 1.54) is 11.8 Å². The van der Waals surface area contributed by atoms with Gasteiger partial charge in [0.25, 0.3) is 0 Å². The summed E-state index contributed by atoms with van der Waals surface area (Å²) < 4.78 is 41.3. The topological polar surface area (TPSA) is 143 Å². The number of aliphatic hydroxyl groups excluding tert-OH is 1. The van der Waals surface area contributed by atoms with Gasteiger partial charge in [-0.3, -0.25) is 0 Å². The fourth-order valence-corrected chi connectivity index (χ4v) is 7.47. The molecule has 2 heterocycles. The van der Waals surface area contributed by atoms with Crippen molar-refractivity contribution in [1.29, 1.82) is 0 Å². The Balaban J connectivity index is 1.63. The fraction of sp³-hybridized carbons (Fsp3) is 0.378. The standard InChI is InChI=1S/C37H41NO9S2/c1-37(2,3)49(43)38-28-21-13-14-24(22-39)23-48-36-32(46-35(42)27-19-11-6-12-20-27)31(45-34(41)26-17-9-5-10-18-26)30(29(28)47-36)44-33(40)25-15-7-4-8-16-25/h4-20,24,28-32,36,38-39H,21-23H2,1-3H3/b14-13-/t24?,28-,29?,30?,31?,32?,36?,49?/m1/s1. The van der Waals surface area contributed by atoms with Gasteiger partial charge in [0, 0.05) is 23.0 Å². The molecule has 10 nitrogen and oxygen atoms in total. The molecule has 0 aliphatic carbocycles. The van der Waals surface area contributed by atoms with Crippen molar-refractivity contribution in [2.24, 2.45) is 5.92 Å². The van der Waals surface area contributed by atoms with E-state index >= 15 is 0 Å². The first-order valence-electron chi connectivity index (χ1n) is 16.1. The van der Waals surface area contributed by atoms with E-state index in [1.807, 2.05) is 32.9 Å². The molecule has 5 rings (SSSR count). The third kappa shape index (κ3) is 9.53. The lowest BCUT2D eigenvalue weighted by Gasteiger charge is -2.47. The Morgan fingerprint density at radius 2 is 1.29 bits per heavy atom. The molecule has 2 N–H and O–H groups in total. The Morgan fingerprint density at radius 3 is 1.76 bits per heavy atom. The Hall–Kier alpha value is -3.65. The van der Waals surface area contributed by atoms with Crippen molar-refractivity contribution in [3.05, 3.63) is 120 Å². The van der Waals surface area contributed by atoms with Crippen LogP contribution in [0.25, 0.3) is 0 Å². The van der Waals surface area contributed by atoms with Crippen molar-refractivity contribution in [3.63, 3.8) is 0 Å². The number of nitrogens with one attached hydrogen (secondary N) is 1. The highest BCUT2D eigenvalue weighted by Gasteiger charge is 2.55. The van der Waals surface area contributed by atoms with Gasteiger partial charge in [-0.2, -0.15) is 0 Å². The molecule has 3 aromatic rings. The molecule has 3 aromatic carbocycles. The molecule has 7 unspecified atom stereocenters. The maximum Gasteiger partial charge on any atom is 0.338 e. The maximum absolute atomic E-state index is 13.7. The van der Waals surface area contributed by atoms with E-state index in [0.29, 0.717) is 5.75 Å². The van der Waals surface area contributed by atoms with Crippen LogP contribution in [0.2, 0.25) is 0 Å². The molecule has 8 atom stereocenters. The number of carbonyl (C=O) groups is 3. The van der Waals surface area contributed by atoms with Crippen LogP contribution in [0.4, 0.5) is 0 Å². The van der Waals surface area contributed by atoms with Crippen LogP contribution in [0.1, 0.15) is 58.3 Å². The summed E-state index contributed by atoms with van der Waals surface area (Å²) in [7, 11) is 0. The first-order chi connectivity index (χ1) is 23.5. The predicted molar refractivity (Wildman–Crippen MR) is 187 cm³/mol. The molecule has 260 valence electrons. The number of thioether (sulfide) groups is 1. The monoisotopic (exact) mass is 707 g/mol. The summed E-state index contributed by atoms with van der Waals surface area (Å²) in [5.74, 6) is -2.02. The minimum absolute atomic E-state index is 0.149. The molecular formula is C37H41NO9S2. The van der Waals surface area contributed by atoms with Gasteiger partial charge in [-0.1, -0.05) is 66.7 Å². The zero-order valence-electron chi connectivity index (χ0n) is 27.5. The number of fused-ring (bicyclic) bond motifs is 2. The number of ether oxygens (including phenoxy) is 4. The molecule has 49 heavy (non-hydrogen) atoms. The molecule has 12 heteroatoms. The summed E-state index contributed by atoms with van der Waals surface area (Å²) in [6.45, 7) is 5.32. The fourth-order valence-electron chi connectivity index (χ4n) is 5.35. The van der Waals surface area contributed by atoms with Gasteiger partial charge in [0.1, 0.15) is 16.3 Å². The number of hydrogen-bond donors (Lipinski definition) is 2. The zero-order chi connectivity index (χ0) is 35.0. The highest BCUT2D eigenvalue weighted by Crippen LogP contribution is 2.38. The molecular weight excluding hydrogens is 667 g/mol. The van der Waals surface area contributed by atoms with Gasteiger partial charge < -0.3 is 28.6 Å². The second kappa shape index (κ2) is 16.8. The van der Waals surface area contributed by atoms with Gasteiger partial charge in [0.15, 0.2) is 18.3 Å². The highest BCUT2D eigenvalue weighted by atomic mass is 32.2. The second-order valence-electron chi connectivity index (χ2n) is 12.7. The smallest absolute Gasteiger partial charge is 0.338 e. The van der Waals surface area contributed by atoms with E-state index in [9.17, 15) is 24.0 Å². The van der Waals surface area contributed by atoms with Gasteiger partial charge >= 0.3 is 17.9 Å². The van der Waals surface area contributed by atoms with Gasteiger partial charge in [0.05, 0.1) is 29.3 Å².